The molecule has 0 aliphatic carbocycles. The standard InChI is InChI=1S/C19H15F3N2O2/c1-2-7-24-17(8-11-3-4-12(20)9-14(11)19(24)26)18(25)23-16-6-5-13(21)10-15(16)22/h3-6,8-10H,2,7H2,1H3,(H,23,25). The molecule has 3 rings (SSSR count). The van der Waals surface area contributed by atoms with Crippen molar-refractivity contribution >= 4 is 22.4 Å². The number of anilines is 1. The summed E-state index contributed by atoms with van der Waals surface area (Å²) in [7, 11) is 0. The Hall–Kier alpha value is -3.09. The second-order valence-corrected chi connectivity index (χ2v) is 5.80. The number of fused-ring (bicyclic) bond motifs is 1. The fraction of sp³-hybridized carbons (Fsp3) is 0.158. The van der Waals surface area contributed by atoms with Crippen LogP contribution >= 0.6 is 0 Å². The van der Waals surface area contributed by atoms with Crippen LogP contribution in [0.15, 0.2) is 47.3 Å². The number of nitrogens with one attached hydrogen (secondary N) is 1. The van der Waals surface area contributed by atoms with Gasteiger partial charge in [0.15, 0.2) is 0 Å². The number of halogens is 3. The summed E-state index contributed by atoms with van der Waals surface area (Å²) in [5.41, 5.74) is -0.695. The van der Waals surface area contributed by atoms with E-state index in [0.717, 1.165) is 18.2 Å². The first-order valence-electron chi connectivity index (χ1n) is 8.00. The second-order valence-electron chi connectivity index (χ2n) is 5.80. The van der Waals surface area contributed by atoms with Gasteiger partial charge in [0.1, 0.15) is 23.1 Å². The monoisotopic (exact) mass is 360 g/mol. The van der Waals surface area contributed by atoms with Gasteiger partial charge in [0.05, 0.1) is 11.1 Å². The second kappa shape index (κ2) is 7.03. The Kier molecular flexibility index (Phi) is 4.79. The largest absolute Gasteiger partial charge is 0.318 e. The van der Waals surface area contributed by atoms with Gasteiger partial charge in [-0.15, -0.1) is 0 Å². The third-order valence-electron chi connectivity index (χ3n) is 3.93. The van der Waals surface area contributed by atoms with Gasteiger partial charge >= 0.3 is 0 Å². The molecule has 0 fully saturated rings. The smallest absolute Gasteiger partial charge is 0.272 e. The molecule has 1 N–H and O–H groups in total. The van der Waals surface area contributed by atoms with Crippen LogP contribution < -0.4 is 10.9 Å². The lowest BCUT2D eigenvalue weighted by Gasteiger charge is -2.14. The average Bonchev–Trinajstić information content (AvgIpc) is 2.60. The Bertz CT molecular complexity index is 1060. The molecule has 7 heteroatoms. The van der Waals surface area contributed by atoms with Crippen molar-refractivity contribution in [1.29, 1.82) is 0 Å². The molecule has 134 valence electrons. The predicted octanol–water partition coefficient (Wildman–Crippen LogP) is 4.08. The van der Waals surface area contributed by atoms with Crippen molar-refractivity contribution in [1.82, 2.24) is 4.57 Å². The molecule has 0 spiro atoms. The van der Waals surface area contributed by atoms with E-state index in [2.05, 4.69) is 5.32 Å². The summed E-state index contributed by atoms with van der Waals surface area (Å²) < 4.78 is 41.5. The summed E-state index contributed by atoms with van der Waals surface area (Å²) in [6.45, 7) is 2.06. The Morgan fingerprint density at radius 2 is 1.73 bits per heavy atom. The van der Waals surface area contributed by atoms with Gasteiger partial charge in [0, 0.05) is 12.6 Å². The SMILES string of the molecule is CCCn1c(C(=O)Nc2ccc(F)cc2F)cc2ccc(F)cc2c1=O. The number of nitrogens with zero attached hydrogens (tertiary/aromatic N) is 1. The van der Waals surface area contributed by atoms with E-state index in [0.29, 0.717) is 17.9 Å². The maximum absolute atomic E-state index is 13.8. The first-order valence-corrected chi connectivity index (χ1v) is 8.00. The van der Waals surface area contributed by atoms with Gasteiger partial charge in [0.2, 0.25) is 0 Å². The summed E-state index contributed by atoms with van der Waals surface area (Å²) in [4.78, 5) is 25.3. The fourth-order valence-corrected chi connectivity index (χ4v) is 2.73. The molecule has 1 heterocycles. The molecule has 1 amide bonds. The number of hydrogen-bond donors (Lipinski definition) is 1. The maximum Gasteiger partial charge on any atom is 0.272 e. The number of pyridine rings is 1. The van der Waals surface area contributed by atoms with Crippen LogP contribution in [0.5, 0.6) is 0 Å². The van der Waals surface area contributed by atoms with Crippen molar-refractivity contribution in [3.63, 3.8) is 0 Å². The van der Waals surface area contributed by atoms with Crippen LogP contribution in [0.3, 0.4) is 0 Å². The highest BCUT2D eigenvalue weighted by molar-refractivity contribution is 6.05. The van der Waals surface area contributed by atoms with Crippen LogP contribution in [0.2, 0.25) is 0 Å². The minimum atomic E-state index is -0.925. The number of rotatable bonds is 4. The van der Waals surface area contributed by atoms with Crippen LogP contribution in [0.1, 0.15) is 23.8 Å². The summed E-state index contributed by atoms with van der Waals surface area (Å²) in [5.74, 6) is -2.96. The van der Waals surface area contributed by atoms with Crippen LogP contribution in [0, 0.1) is 17.5 Å². The highest BCUT2D eigenvalue weighted by Gasteiger charge is 2.17. The van der Waals surface area contributed by atoms with Crippen molar-refractivity contribution in [2.75, 3.05) is 5.32 Å². The van der Waals surface area contributed by atoms with Gasteiger partial charge in [0.25, 0.3) is 11.5 Å². The summed E-state index contributed by atoms with van der Waals surface area (Å²) in [5, 5.41) is 2.89. The molecule has 0 saturated carbocycles. The van der Waals surface area contributed by atoms with Crippen molar-refractivity contribution in [2.45, 2.75) is 19.9 Å². The zero-order valence-electron chi connectivity index (χ0n) is 13.9. The minimum Gasteiger partial charge on any atom is -0.318 e. The van der Waals surface area contributed by atoms with E-state index in [1.54, 1.807) is 0 Å². The molecule has 26 heavy (non-hydrogen) atoms. The van der Waals surface area contributed by atoms with Gasteiger partial charge < -0.3 is 9.88 Å². The van der Waals surface area contributed by atoms with Crippen LogP contribution in [0.25, 0.3) is 10.8 Å². The van der Waals surface area contributed by atoms with Crippen molar-refractivity contribution in [3.05, 3.63) is 76.0 Å². The van der Waals surface area contributed by atoms with Gasteiger partial charge in [-0.2, -0.15) is 0 Å². The van der Waals surface area contributed by atoms with Crippen LogP contribution in [0.4, 0.5) is 18.9 Å². The molecule has 0 radical (unpaired) electrons. The van der Waals surface area contributed by atoms with E-state index >= 15 is 0 Å². The zero-order valence-corrected chi connectivity index (χ0v) is 13.9. The van der Waals surface area contributed by atoms with Crippen LogP contribution in [-0.4, -0.2) is 10.5 Å². The molecule has 0 aliphatic rings. The third-order valence-corrected chi connectivity index (χ3v) is 3.93. The Balaban J connectivity index is 2.10. The van der Waals surface area contributed by atoms with Gasteiger partial charge in [-0.1, -0.05) is 13.0 Å². The molecule has 1 aromatic heterocycles. The zero-order chi connectivity index (χ0) is 18.8. The lowest BCUT2D eigenvalue weighted by Crippen LogP contribution is -2.29. The molecule has 4 nitrogen and oxygen atoms in total. The van der Waals surface area contributed by atoms with E-state index in [1.807, 2.05) is 6.92 Å². The van der Waals surface area contributed by atoms with Crippen LogP contribution in [-0.2, 0) is 6.54 Å². The lowest BCUT2D eigenvalue weighted by molar-refractivity contribution is 0.101. The molecule has 0 atom stereocenters. The van der Waals surface area contributed by atoms with E-state index in [1.165, 1.54) is 22.8 Å². The first kappa shape index (κ1) is 17.7. The number of amides is 1. The molecule has 2 aromatic carbocycles. The molecule has 0 bridgehead atoms. The number of benzene rings is 2. The number of hydrogen-bond acceptors (Lipinski definition) is 2. The highest BCUT2D eigenvalue weighted by Crippen LogP contribution is 2.18. The number of carbonyl (C=O) groups is 1. The third kappa shape index (κ3) is 3.33. The predicted molar refractivity (Wildman–Crippen MR) is 92.8 cm³/mol. The van der Waals surface area contributed by atoms with Gasteiger partial charge in [-0.05, 0) is 42.1 Å². The first-order chi connectivity index (χ1) is 12.4. The lowest BCUT2D eigenvalue weighted by atomic mass is 10.1. The van der Waals surface area contributed by atoms with Crippen molar-refractivity contribution < 1.29 is 18.0 Å². The minimum absolute atomic E-state index is 0.0136. The Labute approximate surface area is 146 Å². The van der Waals surface area contributed by atoms with E-state index in [4.69, 9.17) is 0 Å². The van der Waals surface area contributed by atoms with Crippen molar-refractivity contribution in [2.24, 2.45) is 0 Å². The maximum atomic E-state index is 13.8. The number of aromatic nitrogens is 1. The molecule has 0 aliphatic heterocycles. The van der Waals surface area contributed by atoms with Gasteiger partial charge in [-0.3, -0.25) is 9.59 Å². The molecular formula is C19H15F3N2O2. The Morgan fingerprint density at radius 3 is 2.42 bits per heavy atom. The summed E-state index contributed by atoms with van der Waals surface area (Å²) in [6.07, 6.45) is 0.561. The molecule has 0 unspecified atom stereocenters. The van der Waals surface area contributed by atoms with E-state index in [-0.39, 0.29) is 23.3 Å². The summed E-state index contributed by atoms with van der Waals surface area (Å²) in [6, 6.07) is 7.92. The van der Waals surface area contributed by atoms with E-state index in [9.17, 15) is 22.8 Å². The summed E-state index contributed by atoms with van der Waals surface area (Å²) >= 11 is 0. The Morgan fingerprint density at radius 1 is 1.04 bits per heavy atom. The molecular weight excluding hydrogens is 345 g/mol. The normalized spacial score (nSPS) is 10.9. The molecule has 3 aromatic rings. The van der Waals surface area contributed by atoms with Crippen molar-refractivity contribution in [3.8, 4) is 0 Å². The van der Waals surface area contributed by atoms with Gasteiger partial charge in [-0.25, -0.2) is 13.2 Å². The van der Waals surface area contributed by atoms with E-state index < -0.39 is 28.9 Å². The quantitative estimate of drug-likeness (QED) is 0.762. The number of carbonyl (C=O) groups excluding carboxylic acids is 1. The fourth-order valence-electron chi connectivity index (χ4n) is 2.73. The highest BCUT2D eigenvalue weighted by atomic mass is 19.1. The topological polar surface area (TPSA) is 51.1 Å². The molecule has 0 saturated heterocycles. The average molecular weight is 360 g/mol.